The Balaban J connectivity index is 1.51. The number of ether oxygens (including phenoxy) is 2. The van der Waals surface area contributed by atoms with Crippen molar-refractivity contribution in [2.24, 2.45) is 0 Å². The van der Waals surface area contributed by atoms with Crippen molar-refractivity contribution in [2.75, 3.05) is 25.3 Å². The Morgan fingerprint density at radius 2 is 1.87 bits per heavy atom. The van der Waals surface area contributed by atoms with Gasteiger partial charge < -0.3 is 14.8 Å². The predicted molar refractivity (Wildman–Crippen MR) is 117 cm³/mol. The minimum atomic E-state index is -0.179. The molecule has 0 saturated carbocycles. The van der Waals surface area contributed by atoms with Crippen molar-refractivity contribution in [1.82, 2.24) is 24.5 Å². The van der Waals surface area contributed by atoms with Crippen molar-refractivity contribution in [3.8, 4) is 22.9 Å². The molecule has 3 heterocycles. The number of benzene rings is 1. The Morgan fingerprint density at radius 3 is 2.58 bits per heavy atom. The van der Waals surface area contributed by atoms with Gasteiger partial charge in [-0.15, -0.1) is 10.2 Å². The highest BCUT2D eigenvalue weighted by Gasteiger charge is 2.17. The Bertz CT molecular complexity index is 1160. The molecule has 1 aromatic carbocycles. The lowest BCUT2D eigenvalue weighted by Crippen LogP contribution is -2.16. The van der Waals surface area contributed by atoms with Crippen LogP contribution in [-0.4, -0.2) is 50.4 Å². The fourth-order valence-corrected chi connectivity index (χ4v) is 3.67. The maximum atomic E-state index is 12.5. The van der Waals surface area contributed by atoms with E-state index >= 15 is 0 Å². The zero-order valence-electron chi connectivity index (χ0n) is 16.9. The number of pyridine rings is 1. The number of nitrogens with zero attached hydrogens (tertiary/aromatic N) is 5. The van der Waals surface area contributed by atoms with E-state index in [-0.39, 0.29) is 11.7 Å². The first-order valence-corrected chi connectivity index (χ1v) is 10.3. The molecule has 0 bridgehead atoms. The third-order valence-corrected chi connectivity index (χ3v) is 5.27. The highest BCUT2D eigenvalue weighted by atomic mass is 32.2. The molecule has 158 valence electrons. The van der Waals surface area contributed by atoms with Gasteiger partial charge in [-0.2, -0.15) is 0 Å². The molecule has 1 N–H and O–H groups in total. The number of aromatic nitrogens is 5. The second kappa shape index (κ2) is 9.35. The largest absolute Gasteiger partial charge is 0.493 e. The molecule has 0 atom stereocenters. The maximum absolute atomic E-state index is 12.5. The quantitative estimate of drug-likeness (QED) is 0.424. The second-order valence-electron chi connectivity index (χ2n) is 6.33. The number of carbonyl (C=O) groups excluding carboxylic acids is 1. The summed E-state index contributed by atoms with van der Waals surface area (Å²) in [5.74, 6) is 1.74. The van der Waals surface area contributed by atoms with Crippen molar-refractivity contribution < 1.29 is 14.3 Å². The van der Waals surface area contributed by atoms with Crippen LogP contribution in [0.15, 0.2) is 72.4 Å². The van der Waals surface area contributed by atoms with Crippen molar-refractivity contribution in [1.29, 1.82) is 0 Å². The summed E-state index contributed by atoms with van der Waals surface area (Å²) >= 11 is 1.29. The van der Waals surface area contributed by atoms with Gasteiger partial charge in [-0.3, -0.25) is 14.5 Å². The first-order chi connectivity index (χ1) is 15.2. The van der Waals surface area contributed by atoms with E-state index in [0.717, 1.165) is 5.56 Å². The molecule has 4 aromatic rings. The lowest BCUT2D eigenvalue weighted by molar-refractivity contribution is -0.113. The topological polar surface area (TPSA) is 96.1 Å². The number of hydrogen-bond acceptors (Lipinski definition) is 7. The molecule has 0 aliphatic carbocycles. The molecule has 0 fully saturated rings. The van der Waals surface area contributed by atoms with Crippen LogP contribution in [0.5, 0.6) is 11.5 Å². The number of nitrogens with one attached hydrogen (secondary N) is 1. The van der Waals surface area contributed by atoms with Crippen LogP contribution in [0, 0.1) is 0 Å². The third kappa shape index (κ3) is 4.53. The van der Waals surface area contributed by atoms with Crippen molar-refractivity contribution in [3.05, 3.63) is 67.3 Å². The lowest BCUT2D eigenvalue weighted by Gasteiger charge is -2.12. The van der Waals surface area contributed by atoms with Gasteiger partial charge in [-0.05, 0) is 36.4 Å². The van der Waals surface area contributed by atoms with Crippen LogP contribution in [0.1, 0.15) is 0 Å². The molecule has 4 rings (SSSR count). The lowest BCUT2D eigenvalue weighted by atomic mass is 10.2. The molecule has 10 heteroatoms. The average molecular weight is 436 g/mol. The number of hydrogen-bond donors (Lipinski definition) is 1. The molecule has 3 aromatic heterocycles. The van der Waals surface area contributed by atoms with Crippen molar-refractivity contribution in [2.45, 2.75) is 5.16 Å². The van der Waals surface area contributed by atoms with Crippen LogP contribution in [0.4, 0.5) is 5.69 Å². The summed E-state index contributed by atoms with van der Waals surface area (Å²) in [7, 11) is 3.11. The number of carbonyl (C=O) groups is 1. The number of anilines is 1. The van der Waals surface area contributed by atoms with Crippen molar-refractivity contribution >= 4 is 23.4 Å². The van der Waals surface area contributed by atoms with Crippen LogP contribution in [0.2, 0.25) is 0 Å². The van der Waals surface area contributed by atoms with Gasteiger partial charge in [-0.1, -0.05) is 11.8 Å². The van der Waals surface area contributed by atoms with Crippen LogP contribution < -0.4 is 14.8 Å². The zero-order chi connectivity index (χ0) is 21.6. The maximum Gasteiger partial charge on any atom is 0.234 e. The summed E-state index contributed by atoms with van der Waals surface area (Å²) in [6.07, 6.45) is 7.20. The standard InChI is InChI=1S/C21H20N6O3S/c1-29-17-8-7-16(12-18(17)30-2)23-19(28)14-31-21-25-24-20(15-6-5-9-22-13-15)27(21)26-10-3-4-11-26/h3-13H,14H2,1-2H3,(H,23,28). The molecular formula is C21H20N6O3S. The number of rotatable bonds is 8. The molecule has 9 nitrogen and oxygen atoms in total. The van der Waals surface area contributed by atoms with E-state index in [0.29, 0.717) is 28.2 Å². The average Bonchev–Trinajstić information content (AvgIpc) is 3.47. The Kier molecular flexibility index (Phi) is 6.18. The van der Waals surface area contributed by atoms with E-state index in [4.69, 9.17) is 9.47 Å². The summed E-state index contributed by atoms with van der Waals surface area (Å²) in [5.41, 5.74) is 1.44. The third-order valence-electron chi connectivity index (χ3n) is 4.35. The first-order valence-electron chi connectivity index (χ1n) is 9.33. The monoisotopic (exact) mass is 436 g/mol. The summed E-state index contributed by atoms with van der Waals surface area (Å²) in [6.45, 7) is 0. The van der Waals surface area contributed by atoms with Gasteiger partial charge in [0.05, 0.1) is 20.0 Å². The number of amides is 1. The Labute approximate surface area is 183 Å². The number of methoxy groups -OCH3 is 2. The predicted octanol–water partition coefficient (Wildman–Crippen LogP) is 3.20. The van der Waals surface area contributed by atoms with Gasteiger partial charge in [0.15, 0.2) is 17.3 Å². The fourth-order valence-electron chi connectivity index (χ4n) is 2.94. The van der Waals surface area contributed by atoms with Gasteiger partial charge >= 0.3 is 0 Å². The van der Waals surface area contributed by atoms with Crippen LogP contribution in [-0.2, 0) is 4.79 Å². The molecule has 0 aliphatic rings. The van der Waals surface area contributed by atoms with E-state index in [2.05, 4.69) is 20.5 Å². The first kappa shape index (κ1) is 20.5. The van der Waals surface area contributed by atoms with E-state index in [1.54, 1.807) is 44.8 Å². The zero-order valence-corrected chi connectivity index (χ0v) is 17.7. The second-order valence-corrected chi connectivity index (χ2v) is 7.27. The fraction of sp³-hybridized carbons (Fsp3) is 0.143. The van der Waals surface area contributed by atoms with Gasteiger partial charge in [0.1, 0.15) is 0 Å². The minimum Gasteiger partial charge on any atom is -0.493 e. The highest BCUT2D eigenvalue weighted by Crippen LogP contribution is 2.30. The molecular weight excluding hydrogens is 416 g/mol. The summed E-state index contributed by atoms with van der Waals surface area (Å²) < 4.78 is 14.2. The molecule has 0 aliphatic heterocycles. The van der Waals surface area contributed by atoms with E-state index in [1.165, 1.54) is 11.8 Å². The molecule has 0 unspecified atom stereocenters. The van der Waals surface area contributed by atoms with Gasteiger partial charge in [-0.25, -0.2) is 4.68 Å². The van der Waals surface area contributed by atoms with Gasteiger partial charge in [0.2, 0.25) is 11.1 Å². The summed E-state index contributed by atoms with van der Waals surface area (Å²) in [6, 6.07) is 12.8. The van der Waals surface area contributed by atoms with E-state index in [9.17, 15) is 4.79 Å². The molecule has 1 amide bonds. The normalized spacial score (nSPS) is 10.6. The summed E-state index contributed by atoms with van der Waals surface area (Å²) in [5, 5.41) is 12.0. The van der Waals surface area contributed by atoms with Crippen molar-refractivity contribution in [3.63, 3.8) is 0 Å². The molecule has 31 heavy (non-hydrogen) atoms. The molecule has 0 saturated heterocycles. The smallest absolute Gasteiger partial charge is 0.234 e. The SMILES string of the molecule is COc1ccc(NC(=O)CSc2nnc(-c3cccnc3)n2-n2cccc2)cc1OC. The van der Waals surface area contributed by atoms with E-state index in [1.807, 2.05) is 46.0 Å². The van der Waals surface area contributed by atoms with Gasteiger partial charge in [0.25, 0.3) is 0 Å². The molecule has 0 radical (unpaired) electrons. The molecule has 0 spiro atoms. The Morgan fingerprint density at radius 1 is 1.06 bits per heavy atom. The Hall–Kier alpha value is -3.79. The van der Waals surface area contributed by atoms with Crippen LogP contribution >= 0.6 is 11.8 Å². The summed E-state index contributed by atoms with van der Waals surface area (Å²) in [4.78, 5) is 16.7. The highest BCUT2D eigenvalue weighted by molar-refractivity contribution is 7.99. The van der Waals surface area contributed by atoms with E-state index < -0.39 is 0 Å². The minimum absolute atomic E-state index is 0.154. The van der Waals surface area contributed by atoms with Gasteiger partial charge in [0, 0.05) is 42.1 Å². The number of thioether (sulfide) groups is 1. The van der Waals surface area contributed by atoms with Crippen LogP contribution in [0.3, 0.4) is 0 Å². The van der Waals surface area contributed by atoms with Crippen LogP contribution in [0.25, 0.3) is 11.4 Å².